The Morgan fingerprint density at radius 2 is 1.44 bits per heavy atom. The number of halogens is 5. The summed E-state index contributed by atoms with van der Waals surface area (Å²) in [6.45, 7) is 0. The van der Waals surface area contributed by atoms with Gasteiger partial charge in [-0.3, -0.25) is 0 Å². The maximum Gasteiger partial charge on any atom is 0.131 e. The van der Waals surface area contributed by atoms with Crippen LogP contribution in [0.3, 0.4) is 0 Å². The topological polar surface area (TPSA) is 0 Å². The van der Waals surface area contributed by atoms with Gasteiger partial charge < -0.3 is 0 Å². The second-order valence-electron chi connectivity index (χ2n) is 3.66. The molecule has 0 saturated heterocycles. The molecule has 0 amide bonds. The molecule has 0 bridgehead atoms. The summed E-state index contributed by atoms with van der Waals surface area (Å²) < 4.78 is 53.4. The highest BCUT2D eigenvalue weighted by atomic mass is 35.5. The summed E-state index contributed by atoms with van der Waals surface area (Å²) >= 11 is 5.83. The van der Waals surface area contributed by atoms with Crippen molar-refractivity contribution in [2.75, 3.05) is 0 Å². The lowest BCUT2D eigenvalue weighted by molar-refractivity contribution is 0.549. The Morgan fingerprint density at radius 1 is 0.833 bits per heavy atom. The van der Waals surface area contributed by atoms with Crippen LogP contribution >= 0.6 is 11.6 Å². The third-order valence-electron chi connectivity index (χ3n) is 2.48. The molecule has 0 N–H and O–H groups in total. The molecule has 5 heteroatoms. The average Bonchev–Trinajstić information content (AvgIpc) is 2.32. The standard InChI is InChI=1S/C13H7ClF4/c14-13(8-6-7(15)4-5-9(8)16)12-10(17)2-1-3-11(12)18/h1-6,13H. The summed E-state index contributed by atoms with van der Waals surface area (Å²) in [6.07, 6.45) is 0. The van der Waals surface area contributed by atoms with E-state index >= 15 is 0 Å². The first-order valence-electron chi connectivity index (χ1n) is 5.03. The van der Waals surface area contributed by atoms with E-state index in [4.69, 9.17) is 11.6 Å². The van der Waals surface area contributed by atoms with Crippen LogP contribution in [0.2, 0.25) is 0 Å². The third kappa shape index (κ3) is 2.34. The molecule has 0 aliphatic carbocycles. The van der Waals surface area contributed by atoms with Crippen LogP contribution in [0, 0.1) is 23.3 Å². The van der Waals surface area contributed by atoms with Gasteiger partial charge in [-0.15, -0.1) is 11.6 Å². The minimum atomic E-state index is -1.43. The lowest BCUT2D eigenvalue weighted by Crippen LogP contribution is -2.03. The SMILES string of the molecule is Fc1ccc(F)c(C(Cl)c2c(F)cccc2F)c1. The Morgan fingerprint density at radius 3 is 2.06 bits per heavy atom. The first-order valence-corrected chi connectivity index (χ1v) is 5.47. The van der Waals surface area contributed by atoms with Crippen molar-refractivity contribution in [2.24, 2.45) is 0 Å². The van der Waals surface area contributed by atoms with Crippen LogP contribution in [0.5, 0.6) is 0 Å². The third-order valence-corrected chi connectivity index (χ3v) is 2.94. The molecule has 2 rings (SSSR count). The molecule has 0 spiro atoms. The molecule has 2 aromatic rings. The van der Waals surface area contributed by atoms with Gasteiger partial charge in [0.15, 0.2) is 0 Å². The normalized spacial score (nSPS) is 12.5. The number of benzene rings is 2. The highest BCUT2D eigenvalue weighted by molar-refractivity contribution is 6.22. The van der Waals surface area contributed by atoms with Crippen molar-refractivity contribution in [1.29, 1.82) is 0 Å². The fraction of sp³-hybridized carbons (Fsp3) is 0.0769. The highest BCUT2D eigenvalue weighted by Crippen LogP contribution is 2.34. The van der Waals surface area contributed by atoms with Crippen LogP contribution in [-0.4, -0.2) is 0 Å². The fourth-order valence-corrected chi connectivity index (χ4v) is 1.99. The van der Waals surface area contributed by atoms with E-state index in [1.807, 2.05) is 0 Å². The molecule has 2 aromatic carbocycles. The van der Waals surface area contributed by atoms with E-state index in [1.54, 1.807) is 0 Å². The van der Waals surface area contributed by atoms with Gasteiger partial charge in [-0.05, 0) is 30.3 Å². The van der Waals surface area contributed by atoms with Gasteiger partial charge in [-0.2, -0.15) is 0 Å². The van der Waals surface area contributed by atoms with Crippen LogP contribution in [0.25, 0.3) is 0 Å². The lowest BCUT2D eigenvalue weighted by atomic mass is 10.0. The minimum absolute atomic E-state index is 0.305. The molecule has 0 saturated carbocycles. The first kappa shape index (κ1) is 12.9. The van der Waals surface area contributed by atoms with Gasteiger partial charge in [-0.1, -0.05) is 6.07 Å². The molecule has 1 atom stereocenters. The van der Waals surface area contributed by atoms with Crippen molar-refractivity contribution in [1.82, 2.24) is 0 Å². The Bertz CT molecular complexity index is 563. The van der Waals surface area contributed by atoms with Crippen molar-refractivity contribution in [3.8, 4) is 0 Å². The molecule has 94 valence electrons. The molecule has 18 heavy (non-hydrogen) atoms. The quantitative estimate of drug-likeness (QED) is 0.556. The predicted molar refractivity (Wildman–Crippen MR) is 60.4 cm³/mol. The minimum Gasteiger partial charge on any atom is -0.207 e. The summed E-state index contributed by atoms with van der Waals surface area (Å²) in [5.41, 5.74) is -0.802. The molecular weight excluding hydrogens is 268 g/mol. The number of hydrogen-bond donors (Lipinski definition) is 0. The number of alkyl halides is 1. The van der Waals surface area contributed by atoms with Crippen molar-refractivity contribution in [3.63, 3.8) is 0 Å². The Balaban J connectivity index is 2.54. The number of hydrogen-bond acceptors (Lipinski definition) is 0. The molecule has 0 fully saturated rings. The fourth-order valence-electron chi connectivity index (χ4n) is 1.62. The first-order chi connectivity index (χ1) is 8.50. The Labute approximate surface area is 106 Å². The van der Waals surface area contributed by atoms with Gasteiger partial charge in [0.2, 0.25) is 0 Å². The van der Waals surface area contributed by atoms with Gasteiger partial charge >= 0.3 is 0 Å². The summed E-state index contributed by atoms with van der Waals surface area (Å²) in [5.74, 6) is -3.36. The Kier molecular flexibility index (Phi) is 3.57. The van der Waals surface area contributed by atoms with E-state index in [1.165, 1.54) is 6.07 Å². The van der Waals surface area contributed by atoms with Gasteiger partial charge in [0.1, 0.15) is 23.3 Å². The molecule has 0 heterocycles. The van der Waals surface area contributed by atoms with Crippen molar-refractivity contribution in [2.45, 2.75) is 5.38 Å². The van der Waals surface area contributed by atoms with Crippen molar-refractivity contribution >= 4 is 11.6 Å². The summed E-state index contributed by atoms with van der Waals surface area (Å²) in [5, 5.41) is -1.43. The van der Waals surface area contributed by atoms with E-state index in [9.17, 15) is 17.6 Å². The second-order valence-corrected chi connectivity index (χ2v) is 4.10. The van der Waals surface area contributed by atoms with Crippen LogP contribution < -0.4 is 0 Å². The van der Waals surface area contributed by atoms with Gasteiger partial charge in [0.05, 0.1) is 5.38 Å². The van der Waals surface area contributed by atoms with Crippen LogP contribution in [0.15, 0.2) is 36.4 Å². The van der Waals surface area contributed by atoms with Crippen molar-refractivity contribution in [3.05, 3.63) is 70.8 Å². The van der Waals surface area contributed by atoms with E-state index in [-0.39, 0.29) is 5.56 Å². The summed E-state index contributed by atoms with van der Waals surface area (Å²) in [7, 11) is 0. The molecule has 0 aromatic heterocycles. The lowest BCUT2D eigenvalue weighted by Gasteiger charge is -2.13. The van der Waals surface area contributed by atoms with Crippen LogP contribution in [0.4, 0.5) is 17.6 Å². The van der Waals surface area contributed by atoms with E-state index < -0.39 is 34.2 Å². The molecular formula is C13H7ClF4. The van der Waals surface area contributed by atoms with Crippen molar-refractivity contribution < 1.29 is 17.6 Å². The van der Waals surface area contributed by atoms with Gasteiger partial charge in [0, 0.05) is 11.1 Å². The molecule has 0 nitrogen and oxygen atoms in total. The van der Waals surface area contributed by atoms with Gasteiger partial charge in [0.25, 0.3) is 0 Å². The monoisotopic (exact) mass is 274 g/mol. The molecule has 0 aliphatic rings. The molecule has 0 radical (unpaired) electrons. The predicted octanol–water partition coefficient (Wildman–Crippen LogP) is 4.57. The van der Waals surface area contributed by atoms with Crippen LogP contribution in [-0.2, 0) is 0 Å². The van der Waals surface area contributed by atoms with E-state index in [2.05, 4.69) is 0 Å². The Hall–Kier alpha value is -1.55. The number of rotatable bonds is 2. The second kappa shape index (κ2) is 4.98. The zero-order valence-electron chi connectivity index (χ0n) is 8.93. The average molecular weight is 275 g/mol. The molecule has 1 unspecified atom stereocenters. The summed E-state index contributed by atoms with van der Waals surface area (Å²) in [4.78, 5) is 0. The molecule has 0 aliphatic heterocycles. The van der Waals surface area contributed by atoms with E-state index in [0.29, 0.717) is 0 Å². The summed E-state index contributed by atoms with van der Waals surface area (Å²) in [6, 6.07) is 5.76. The highest BCUT2D eigenvalue weighted by Gasteiger charge is 2.22. The maximum atomic E-state index is 13.5. The maximum absolute atomic E-state index is 13.5. The van der Waals surface area contributed by atoms with Crippen LogP contribution in [0.1, 0.15) is 16.5 Å². The van der Waals surface area contributed by atoms with Gasteiger partial charge in [-0.25, -0.2) is 17.6 Å². The smallest absolute Gasteiger partial charge is 0.131 e. The zero-order chi connectivity index (χ0) is 13.3. The zero-order valence-corrected chi connectivity index (χ0v) is 9.69. The van der Waals surface area contributed by atoms with E-state index in [0.717, 1.165) is 30.3 Å². The largest absolute Gasteiger partial charge is 0.207 e.